The molecule has 82 valence electrons. The van der Waals surface area contributed by atoms with Crippen LogP contribution >= 0.6 is 11.8 Å². The van der Waals surface area contributed by atoms with E-state index in [1.165, 1.54) is 16.7 Å². The van der Waals surface area contributed by atoms with Gasteiger partial charge in [0.05, 0.1) is 12.4 Å². The van der Waals surface area contributed by atoms with Gasteiger partial charge in [0.25, 0.3) is 0 Å². The summed E-state index contributed by atoms with van der Waals surface area (Å²) in [6, 6.07) is -1.08. The first-order chi connectivity index (χ1) is 7.16. The van der Waals surface area contributed by atoms with Gasteiger partial charge in [0.1, 0.15) is 6.04 Å². The first-order valence-corrected chi connectivity index (χ1v) is 5.57. The summed E-state index contributed by atoms with van der Waals surface area (Å²) in [5.41, 5.74) is 0. The molecule has 15 heavy (non-hydrogen) atoms. The van der Waals surface area contributed by atoms with E-state index in [1.54, 1.807) is 6.92 Å². The van der Waals surface area contributed by atoms with E-state index in [0.29, 0.717) is 11.6 Å². The van der Waals surface area contributed by atoms with Gasteiger partial charge < -0.3 is 15.3 Å². The molecule has 2 amide bonds. The third-order valence-corrected chi connectivity index (χ3v) is 2.95. The number of hydrogen-bond acceptors (Lipinski definition) is 3. The fourth-order valence-electron chi connectivity index (χ4n) is 1.16. The summed E-state index contributed by atoms with van der Waals surface area (Å²) in [5.74, 6) is 5.23. The van der Waals surface area contributed by atoms with Gasteiger partial charge in [-0.2, -0.15) is 0 Å². The van der Waals surface area contributed by atoms with Crippen LogP contribution in [0.2, 0.25) is 0 Å². The number of carboxylic acid groups (broad SMARTS) is 1. The lowest BCUT2D eigenvalue weighted by Crippen LogP contribution is -2.46. The lowest BCUT2D eigenvalue weighted by atomic mass is 10.3. The summed E-state index contributed by atoms with van der Waals surface area (Å²) in [5, 5.41) is 11.4. The second-order valence-corrected chi connectivity index (χ2v) is 3.91. The third kappa shape index (κ3) is 3.06. The van der Waals surface area contributed by atoms with Gasteiger partial charge in [-0.1, -0.05) is 5.92 Å². The summed E-state index contributed by atoms with van der Waals surface area (Å²) in [6.07, 6.45) is 0. The van der Waals surface area contributed by atoms with Crippen molar-refractivity contribution in [3.63, 3.8) is 0 Å². The van der Waals surface area contributed by atoms with E-state index in [4.69, 9.17) is 5.11 Å². The Morgan fingerprint density at radius 3 is 3.00 bits per heavy atom. The van der Waals surface area contributed by atoms with Crippen molar-refractivity contribution < 1.29 is 14.7 Å². The summed E-state index contributed by atoms with van der Waals surface area (Å²) >= 11 is 1.43. The number of nitrogens with zero attached hydrogens (tertiary/aromatic N) is 1. The van der Waals surface area contributed by atoms with Crippen LogP contribution in [0.25, 0.3) is 0 Å². The van der Waals surface area contributed by atoms with Crippen molar-refractivity contribution in [2.75, 3.05) is 18.2 Å². The van der Waals surface area contributed by atoms with Crippen molar-refractivity contribution in [2.45, 2.75) is 13.0 Å². The minimum atomic E-state index is -0.961. The highest BCUT2D eigenvalue weighted by atomic mass is 32.2. The van der Waals surface area contributed by atoms with Crippen LogP contribution < -0.4 is 5.32 Å². The molecule has 0 aliphatic carbocycles. The lowest BCUT2D eigenvalue weighted by Gasteiger charge is -2.19. The van der Waals surface area contributed by atoms with Gasteiger partial charge in [0, 0.05) is 5.75 Å². The van der Waals surface area contributed by atoms with Crippen LogP contribution in [0.5, 0.6) is 0 Å². The Labute approximate surface area is 92.2 Å². The SMILES string of the molecule is CC#CCNC(=O)N1CSC[C@H]1C(=O)O. The molecule has 0 unspecified atom stereocenters. The number of nitrogens with one attached hydrogen (secondary N) is 1. The number of amides is 2. The summed E-state index contributed by atoms with van der Waals surface area (Å²) < 4.78 is 0. The van der Waals surface area contributed by atoms with Crippen molar-refractivity contribution in [3.05, 3.63) is 0 Å². The van der Waals surface area contributed by atoms with E-state index in [1.807, 2.05) is 0 Å². The molecule has 1 aliphatic rings. The molecule has 0 aromatic heterocycles. The van der Waals surface area contributed by atoms with Crippen LogP contribution in [-0.4, -0.2) is 46.2 Å². The van der Waals surface area contributed by atoms with E-state index in [-0.39, 0.29) is 12.6 Å². The molecule has 0 spiro atoms. The molecule has 0 aromatic rings. The van der Waals surface area contributed by atoms with E-state index in [2.05, 4.69) is 17.2 Å². The second kappa shape index (κ2) is 5.51. The van der Waals surface area contributed by atoms with Gasteiger partial charge in [-0.25, -0.2) is 9.59 Å². The molecule has 0 saturated carbocycles. The Balaban J connectivity index is 2.50. The van der Waals surface area contributed by atoms with E-state index in [0.717, 1.165) is 0 Å². The van der Waals surface area contributed by atoms with Crippen molar-refractivity contribution in [1.82, 2.24) is 10.2 Å². The number of hydrogen-bond donors (Lipinski definition) is 2. The Kier molecular flexibility index (Phi) is 4.31. The van der Waals surface area contributed by atoms with Crippen LogP contribution in [0.15, 0.2) is 0 Å². The molecule has 5 nitrogen and oxygen atoms in total. The molecule has 1 aliphatic heterocycles. The van der Waals surface area contributed by atoms with Gasteiger partial charge in [0.15, 0.2) is 0 Å². The molecule has 2 N–H and O–H groups in total. The average Bonchev–Trinajstić information content (AvgIpc) is 2.66. The summed E-state index contributed by atoms with van der Waals surface area (Å²) in [6.45, 7) is 1.93. The monoisotopic (exact) mass is 228 g/mol. The molecule has 0 aromatic carbocycles. The standard InChI is InChI=1S/C9H12N2O3S/c1-2-3-4-10-9(14)11-6-15-5-7(11)8(12)13/h7H,4-6H2,1H3,(H,10,14)(H,12,13)/t7-/m0/s1. The fraction of sp³-hybridized carbons (Fsp3) is 0.556. The minimum absolute atomic E-state index is 0.253. The molecule has 0 radical (unpaired) electrons. The molecule has 1 atom stereocenters. The highest BCUT2D eigenvalue weighted by Crippen LogP contribution is 2.20. The fourth-order valence-corrected chi connectivity index (χ4v) is 2.30. The summed E-state index contributed by atoms with van der Waals surface area (Å²) in [4.78, 5) is 23.6. The van der Waals surface area contributed by atoms with Crippen molar-refractivity contribution in [1.29, 1.82) is 0 Å². The Morgan fingerprint density at radius 1 is 1.67 bits per heavy atom. The minimum Gasteiger partial charge on any atom is -0.480 e. The number of aliphatic carboxylic acids is 1. The largest absolute Gasteiger partial charge is 0.480 e. The van der Waals surface area contributed by atoms with Gasteiger partial charge in [-0.3, -0.25) is 0 Å². The van der Waals surface area contributed by atoms with Gasteiger partial charge >= 0.3 is 12.0 Å². The molecular formula is C9H12N2O3S. The van der Waals surface area contributed by atoms with Crippen LogP contribution in [0.3, 0.4) is 0 Å². The zero-order valence-corrected chi connectivity index (χ0v) is 9.13. The second-order valence-electron chi connectivity index (χ2n) is 2.91. The smallest absolute Gasteiger partial charge is 0.327 e. The maximum atomic E-state index is 11.5. The molecule has 1 rings (SSSR count). The van der Waals surface area contributed by atoms with Gasteiger partial charge in [-0.15, -0.1) is 17.7 Å². The van der Waals surface area contributed by atoms with E-state index in [9.17, 15) is 9.59 Å². The van der Waals surface area contributed by atoms with Crippen molar-refractivity contribution >= 4 is 23.8 Å². The number of carboxylic acids is 1. The lowest BCUT2D eigenvalue weighted by molar-refractivity contribution is -0.140. The maximum Gasteiger partial charge on any atom is 0.327 e. The first kappa shape index (κ1) is 11.7. The topological polar surface area (TPSA) is 69.6 Å². The molecule has 1 heterocycles. The molecule has 1 saturated heterocycles. The van der Waals surface area contributed by atoms with Crippen molar-refractivity contribution in [2.24, 2.45) is 0 Å². The first-order valence-electron chi connectivity index (χ1n) is 4.41. The zero-order chi connectivity index (χ0) is 11.3. The highest BCUT2D eigenvalue weighted by Gasteiger charge is 2.34. The molecule has 6 heteroatoms. The van der Waals surface area contributed by atoms with Crippen LogP contribution in [0.4, 0.5) is 4.79 Å². The van der Waals surface area contributed by atoms with Gasteiger partial charge in [0.2, 0.25) is 0 Å². The zero-order valence-electron chi connectivity index (χ0n) is 8.32. The maximum absolute atomic E-state index is 11.5. The molecular weight excluding hydrogens is 216 g/mol. The number of thioether (sulfide) groups is 1. The molecule has 0 bridgehead atoms. The van der Waals surface area contributed by atoms with E-state index >= 15 is 0 Å². The van der Waals surface area contributed by atoms with Gasteiger partial charge in [-0.05, 0) is 6.92 Å². The Hall–Kier alpha value is -1.35. The number of carbonyl (C=O) groups excluding carboxylic acids is 1. The third-order valence-electron chi connectivity index (χ3n) is 1.93. The normalized spacial score (nSPS) is 19.3. The number of carbonyl (C=O) groups is 2. The number of urea groups is 1. The quantitative estimate of drug-likeness (QED) is 0.661. The Morgan fingerprint density at radius 2 is 2.40 bits per heavy atom. The van der Waals surface area contributed by atoms with Crippen LogP contribution in [0.1, 0.15) is 6.92 Å². The summed E-state index contributed by atoms with van der Waals surface area (Å²) in [7, 11) is 0. The number of rotatable bonds is 2. The van der Waals surface area contributed by atoms with E-state index < -0.39 is 12.0 Å². The van der Waals surface area contributed by atoms with Crippen molar-refractivity contribution in [3.8, 4) is 11.8 Å². The highest BCUT2D eigenvalue weighted by molar-refractivity contribution is 7.99. The van der Waals surface area contributed by atoms with Crippen LogP contribution in [0, 0.1) is 11.8 Å². The predicted octanol–water partition coefficient (Wildman–Crippen LogP) is 0.179. The predicted molar refractivity (Wildman–Crippen MR) is 57.4 cm³/mol. The van der Waals surface area contributed by atoms with Crippen LogP contribution in [-0.2, 0) is 4.79 Å². The Bertz CT molecular complexity index is 321. The average molecular weight is 228 g/mol. The molecule has 1 fully saturated rings.